The van der Waals surface area contributed by atoms with Crippen molar-refractivity contribution in [1.82, 2.24) is 10.1 Å². The van der Waals surface area contributed by atoms with Gasteiger partial charge in [0.2, 0.25) is 5.82 Å². The zero-order valence-electron chi connectivity index (χ0n) is 14.5. The summed E-state index contributed by atoms with van der Waals surface area (Å²) in [5.74, 6) is 2.56. The minimum atomic E-state index is 0.211. The minimum Gasteiger partial charge on any atom is -0.497 e. The fourth-order valence-electron chi connectivity index (χ4n) is 2.35. The molecule has 0 spiro atoms. The van der Waals surface area contributed by atoms with Gasteiger partial charge in [0.1, 0.15) is 22.3 Å². The maximum absolute atomic E-state index is 6.33. The van der Waals surface area contributed by atoms with E-state index in [0.29, 0.717) is 27.9 Å². The molecule has 0 aliphatic carbocycles. The minimum absolute atomic E-state index is 0.211. The van der Waals surface area contributed by atoms with E-state index in [1.165, 1.54) is 0 Å². The summed E-state index contributed by atoms with van der Waals surface area (Å²) in [5, 5.41) is 4.31. The van der Waals surface area contributed by atoms with Gasteiger partial charge >= 0.3 is 0 Å². The maximum Gasteiger partial charge on any atom is 0.269 e. The van der Waals surface area contributed by atoms with Crippen molar-refractivity contribution in [3.63, 3.8) is 0 Å². The molecule has 7 heteroatoms. The SMILES string of the molecule is COc1cccc(/C=C(\Cl)c2nc(-c3ccc(OC)cc3OC)no2)c1. The molecular formula is C19H17ClN2O4. The number of rotatable bonds is 6. The van der Waals surface area contributed by atoms with Gasteiger partial charge in [0.05, 0.1) is 26.9 Å². The Kier molecular flexibility index (Phi) is 5.43. The molecule has 3 rings (SSSR count). The third-order valence-corrected chi connectivity index (χ3v) is 3.94. The van der Waals surface area contributed by atoms with E-state index >= 15 is 0 Å². The first-order valence-corrected chi connectivity index (χ1v) is 8.10. The Hall–Kier alpha value is -2.99. The van der Waals surface area contributed by atoms with Crippen LogP contribution in [0, 0.1) is 0 Å². The topological polar surface area (TPSA) is 66.6 Å². The van der Waals surface area contributed by atoms with Gasteiger partial charge in [-0.25, -0.2) is 0 Å². The zero-order chi connectivity index (χ0) is 18.5. The molecule has 0 aliphatic rings. The molecule has 0 unspecified atom stereocenters. The van der Waals surface area contributed by atoms with E-state index in [9.17, 15) is 0 Å². The number of halogens is 1. The van der Waals surface area contributed by atoms with Crippen LogP contribution in [0.3, 0.4) is 0 Å². The van der Waals surface area contributed by atoms with E-state index < -0.39 is 0 Å². The first-order valence-electron chi connectivity index (χ1n) is 7.72. The molecule has 0 aliphatic heterocycles. The summed E-state index contributed by atoms with van der Waals surface area (Å²) in [6.45, 7) is 0. The lowest BCUT2D eigenvalue weighted by Crippen LogP contribution is -1.91. The molecule has 0 fully saturated rings. The lowest BCUT2D eigenvalue weighted by atomic mass is 10.2. The highest BCUT2D eigenvalue weighted by Crippen LogP contribution is 2.33. The Labute approximate surface area is 156 Å². The third-order valence-electron chi connectivity index (χ3n) is 3.67. The van der Waals surface area contributed by atoms with Crippen LogP contribution in [0.2, 0.25) is 0 Å². The smallest absolute Gasteiger partial charge is 0.269 e. The van der Waals surface area contributed by atoms with Crippen molar-refractivity contribution in [3.05, 3.63) is 53.9 Å². The van der Waals surface area contributed by atoms with Crippen LogP contribution in [0.15, 0.2) is 47.0 Å². The lowest BCUT2D eigenvalue weighted by Gasteiger charge is -2.07. The molecule has 0 N–H and O–H groups in total. The number of benzene rings is 2. The van der Waals surface area contributed by atoms with Gasteiger partial charge in [-0.1, -0.05) is 28.9 Å². The lowest BCUT2D eigenvalue weighted by molar-refractivity contribution is 0.393. The molecule has 0 atom stereocenters. The van der Waals surface area contributed by atoms with Crippen LogP contribution >= 0.6 is 11.6 Å². The van der Waals surface area contributed by atoms with Crippen molar-refractivity contribution in [1.29, 1.82) is 0 Å². The van der Waals surface area contributed by atoms with Gasteiger partial charge in [-0.2, -0.15) is 4.98 Å². The fraction of sp³-hybridized carbons (Fsp3) is 0.158. The van der Waals surface area contributed by atoms with Crippen molar-refractivity contribution < 1.29 is 18.7 Å². The fourth-order valence-corrected chi connectivity index (χ4v) is 2.56. The Balaban J connectivity index is 1.91. The first kappa shape index (κ1) is 17.8. The standard InChI is InChI=1S/C19H17ClN2O4/c1-23-13-6-4-5-12(9-13)10-16(20)19-21-18(22-26-19)15-8-7-14(24-2)11-17(15)25-3/h4-11H,1-3H3/b16-10-. The van der Waals surface area contributed by atoms with E-state index in [2.05, 4.69) is 10.1 Å². The number of ether oxygens (including phenoxy) is 3. The average Bonchev–Trinajstić information content (AvgIpc) is 3.17. The molecule has 6 nitrogen and oxygen atoms in total. The molecule has 0 amide bonds. The molecule has 0 saturated carbocycles. The predicted octanol–water partition coefficient (Wildman–Crippen LogP) is 4.50. The molecule has 0 radical (unpaired) electrons. The van der Waals surface area contributed by atoms with E-state index in [-0.39, 0.29) is 5.89 Å². The van der Waals surface area contributed by atoms with Gasteiger partial charge in [-0.3, -0.25) is 0 Å². The van der Waals surface area contributed by atoms with Crippen LogP contribution in [0.5, 0.6) is 17.2 Å². The van der Waals surface area contributed by atoms with E-state index in [4.69, 9.17) is 30.3 Å². The maximum atomic E-state index is 6.33. The van der Waals surface area contributed by atoms with Crippen LogP contribution < -0.4 is 14.2 Å². The third kappa shape index (κ3) is 3.81. The molecule has 3 aromatic rings. The second kappa shape index (κ2) is 7.93. The molecule has 1 heterocycles. The van der Waals surface area contributed by atoms with E-state index in [0.717, 1.165) is 11.3 Å². The van der Waals surface area contributed by atoms with Crippen molar-refractivity contribution in [2.24, 2.45) is 0 Å². The van der Waals surface area contributed by atoms with Crippen LogP contribution in [0.25, 0.3) is 22.5 Å². The number of hydrogen-bond donors (Lipinski definition) is 0. The highest BCUT2D eigenvalue weighted by molar-refractivity contribution is 6.50. The predicted molar refractivity (Wildman–Crippen MR) is 99.6 cm³/mol. The monoisotopic (exact) mass is 372 g/mol. The van der Waals surface area contributed by atoms with Crippen molar-refractivity contribution >= 4 is 22.7 Å². The Morgan fingerprint density at radius 1 is 1.00 bits per heavy atom. The summed E-state index contributed by atoms with van der Waals surface area (Å²) in [4.78, 5) is 4.35. The number of hydrogen-bond acceptors (Lipinski definition) is 6. The summed E-state index contributed by atoms with van der Waals surface area (Å²) in [5.41, 5.74) is 1.53. The van der Waals surface area contributed by atoms with Gasteiger partial charge < -0.3 is 18.7 Å². The molecular weight excluding hydrogens is 356 g/mol. The Bertz CT molecular complexity index is 937. The summed E-state index contributed by atoms with van der Waals surface area (Å²) in [6.07, 6.45) is 1.73. The van der Waals surface area contributed by atoms with Crippen LogP contribution in [0.4, 0.5) is 0 Å². The number of methoxy groups -OCH3 is 3. The summed E-state index contributed by atoms with van der Waals surface area (Å²) >= 11 is 6.33. The quantitative estimate of drug-likeness (QED) is 0.634. The van der Waals surface area contributed by atoms with Gasteiger partial charge in [0.25, 0.3) is 5.89 Å². The van der Waals surface area contributed by atoms with Crippen LogP contribution in [0.1, 0.15) is 11.5 Å². The Morgan fingerprint density at radius 2 is 1.77 bits per heavy atom. The molecule has 0 saturated heterocycles. The van der Waals surface area contributed by atoms with Crippen LogP contribution in [-0.2, 0) is 0 Å². The highest BCUT2D eigenvalue weighted by atomic mass is 35.5. The first-order chi connectivity index (χ1) is 12.6. The number of nitrogens with zero attached hydrogens (tertiary/aromatic N) is 2. The van der Waals surface area contributed by atoms with E-state index in [1.54, 1.807) is 45.6 Å². The van der Waals surface area contributed by atoms with Crippen molar-refractivity contribution in [3.8, 4) is 28.6 Å². The van der Waals surface area contributed by atoms with Gasteiger partial charge in [-0.05, 0) is 35.9 Å². The number of aromatic nitrogens is 2. The van der Waals surface area contributed by atoms with E-state index in [1.807, 2.05) is 24.3 Å². The summed E-state index contributed by atoms with van der Waals surface area (Å²) in [7, 11) is 4.76. The summed E-state index contributed by atoms with van der Waals surface area (Å²) in [6, 6.07) is 12.8. The van der Waals surface area contributed by atoms with Gasteiger partial charge in [0.15, 0.2) is 0 Å². The van der Waals surface area contributed by atoms with Crippen molar-refractivity contribution in [2.45, 2.75) is 0 Å². The molecule has 1 aromatic heterocycles. The van der Waals surface area contributed by atoms with Crippen LogP contribution in [-0.4, -0.2) is 31.5 Å². The van der Waals surface area contributed by atoms with Crippen molar-refractivity contribution in [2.75, 3.05) is 21.3 Å². The Morgan fingerprint density at radius 3 is 2.50 bits per heavy atom. The normalized spacial score (nSPS) is 11.3. The second-order valence-corrected chi connectivity index (χ2v) is 5.67. The average molecular weight is 373 g/mol. The molecule has 26 heavy (non-hydrogen) atoms. The summed E-state index contributed by atoms with van der Waals surface area (Å²) < 4.78 is 21.0. The second-order valence-electron chi connectivity index (χ2n) is 5.26. The zero-order valence-corrected chi connectivity index (χ0v) is 15.3. The molecule has 2 aromatic carbocycles. The molecule has 0 bridgehead atoms. The largest absolute Gasteiger partial charge is 0.497 e. The molecule has 134 valence electrons. The van der Waals surface area contributed by atoms with Gasteiger partial charge in [0, 0.05) is 6.07 Å². The highest BCUT2D eigenvalue weighted by Gasteiger charge is 2.16. The van der Waals surface area contributed by atoms with Gasteiger partial charge in [-0.15, -0.1) is 0 Å².